The number of aryl methyl sites for hydroxylation is 1. The minimum atomic E-state index is -2.81. The first-order valence-electron chi connectivity index (χ1n) is 10.8. The van der Waals surface area contributed by atoms with Crippen LogP contribution in [0.5, 0.6) is 0 Å². The predicted octanol–water partition coefficient (Wildman–Crippen LogP) is 4.60. The van der Waals surface area contributed by atoms with E-state index in [4.69, 9.17) is 10.7 Å². The Kier molecular flexibility index (Phi) is 4.90. The van der Waals surface area contributed by atoms with Crippen molar-refractivity contribution in [2.24, 2.45) is 5.73 Å². The largest absolute Gasteiger partial charge is 0.369 e. The zero-order valence-electron chi connectivity index (χ0n) is 18.1. The van der Waals surface area contributed by atoms with Crippen molar-refractivity contribution in [3.63, 3.8) is 0 Å². The van der Waals surface area contributed by atoms with Gasteiger partial charge in [-0.15, -0.1) is 0 Å². The zero-order valence-corrected chi connectivity index (χ0v) is 18.9. The molecule has 1 unspecified atom stereocenters. The Morgan fingerprint density at radius 2 is 1.87 bits per heavy atom. The van der Waals surface area contributed by atoms with Crippen molar-refractivity contribution in [1.29, 1.82) is 0 Å². The van der Waals surface area contributed by atoms with Crippen molar-refractivity contribution in [2.45, 2.75) is 37.2 Å². The van der Waals surface area contributed by atoms with Gasteiger partial charge in [0.1, 0.15) is 5.82 Å². The lowest BCUT2D eigenvalue weighted by atomic mass is 10.0. The first kappa shape index (κ1) is 20.6. The number of hydrogen-bond acceptors (Lipinski definition) is 6. The third kappa shape index (κ3) is 3.76. The van der Waals surface area contributed by atoms with Crippen molar-refractivity contribution < 1.29 is 9.11 Å². The van der Waals surface area contributed by atoms with Gasteiger partial charge in [-0.1, -0.05) is 36.4 Å². The van der Waals surface area contributed by atoms with E-state index in [1.165, 1.54) is 0 Å². The van der Waals surface area contributed by atoms with Crippen molar-refractivity contribution in [2.75, 3.05) is 35.2 Å². The fourth-order valence-corrected chi connectivity index (χ4v) is 6.30. The van der Waals surface area contributed by atoms with Gasteiger partial charge in [0.2, 0.25) is 0 Å². The quantitative estimate of drug-likeness (QED) is 0.542. The minimum Gasteiger partial charge on any atom is -0.369 e. The number of hydrogen-bond donors (Lipinski definition) is 3. The Morgan fingerprint density at radius 3 is 2.65 bits per heavy atom. The Morgan fingerprint density at radius 1 is 1.06 bits per heavy atom. The Labute approximate surface area is 185 Å². The van der Waals surface area contributed by atoms with Crippen LogP contribution in [-0.2, 0) is 6.54 Å². The van der Waals surface area contributed by atoms with Gasteiger partial charge in [0.05, 0.1) is 16.2 Å². The molecule has 2 aliphatic heterocycles. The summed E-state index contributed by atoms with van der Waals surface area (Å²) in [6, 6.07) is 16.1. The summed E-state index contributed by atoms with van der Waals surface area (Å²) in [7, 11) is -2.81. The summed E-state index contributed by atoms with van der Waals surface area (Å²) in [5.74, 6) is 1.17. The zero-order chi connectivity index (χ0) is 21.8. The maximum absolute atomic E-state index is 10.7. The number of aromatic nitrogens is 1. The smallest absolute Gasteiger partial charge is 0.131 e. The van der Waals surface area contributed by atoms with Crippen LogP contribution in [0.2, 0.25) is 0 Å². The van der Waals surface area contributed by atoms with Crippen LogP contribution in [0.3, 0.4) is 0 Å². The van der Waals surface area contributed by atoms with Crippen LogP contribution in [0.4, 0.5) is 11.5 Å². The maximum Gasteiger partial charge on any atom is 0.131 e. The molecule has 0 spiro atoms. The summed E-state index contributed by atoms with van der Waals surface area (Å²) in [6.07, 6.45) is 0.954. The molecule has 7 heteroatoms. The lowest BCUT2D eigenvalue weighted by Crippen LogP contribution is -2.39. The fourth-order valence-electron chi connectivity index (χ4n) is 4.76. The Bertz CT molecular complexity index is 1150. The Balaban J connectivity index is 1.62. The molecule has 3 aromatic rings. The Hall–Kier alpha value is -2.32. The average molecular weight is 439 g/mol. The highest BCUT2D eigenvalue weighted by Gasteiger charge is 2.32. The SMILES string of the molecule is Cc1cccc2c(N3CCC(C)(N)C3)cc(N3CCS(O)(O)c4ccccc4C3)nc12. The van der Waals surface area contributed by atoms with E-state index in [1.54, 1.807) is 0 Å². The van der Waals surface area contributed by atoms with E-state index in [0.29, 0.717) is 23.7 Å². The van der Waals surface area contributed by atoms with Gasteiger partial charge in [-0.25, -0.2) is 4.98 Å². The minimum absolute atomic E-state index is 0.197. The second-order valence-corrected chi connectivity index (χ2v) is 11.4. The normalized spacial score (nSPS) is 24.2. The molecule has 0 radical (unpaired) electrons. The second kappa shape index (κ2) is 7.38. The molecule has 2 aliphatic rings. The van der Waals surface area contributed by atoms with Gasteiger partial charge in [0.25, 0.3) is 0 Å². The fraction of sp³-hybridized carbons (Fsp3) is 0.375. The van der Waals surface area contributed by atoms with Crippen molar-refractivity contribution in [3.8, 4) is 0 Å². The summed E-state index contributed by atoms with van der Waals surface area (Å²) in [4.78, 5) is 10.2. The molecule has 164 valence electrons. The van der Waals surface area contributed by atoms with Gasteiger partial charge in [0.15, 0.2) is 0 Å². The number of nitrogens with zero attached hydrogens (tertiary/aromatic N) is 3. The van der Waals surface area contributed by atoms with E-state index in [0.717, 1.165) is 53.0 Å². The molecule has 1 saturated heterocycles. The van der Waals surface area contributed by atoms with Gasteiger partial charge in [0, 0.05) is 48.9 Å². The van der Waals surface area contributed by atoms with Crippen LogP contribution < -0.4 is 15.5 Å². The van der Waals surface area contributed by atoms with Gasteiger partial charge < -0.3 is 15.5 Å². The van der Waals surface area contributed by atoms with Crippen LogP contribution in [-0.4, -0.2) is 45.0 Å². The van der Waals surface area contributed by atoms with E-state index in [1.807, 2.05) is 24.3 Å². The number of anilines is 2. The lowest BCUT2D eigenvalue weighted by molar-refractivity contribution is 0.488. The number of benzene rings is 2. The average Bonchev–Trinajstić information content (AvgIpc) is 3.03. The van der Waals surface area contributed by atoms with E-state index in [-0.39, 0.29) is 5.54 Å². The first-order chi connectivity index (χ1) is 14.7. The molecule has 1 atom stereocenters. The van der Waals surface area contributed by atoms with Crippen LogP contribution in [0.25, 0.3) is 10.9 Å². The molecular weight excluding hydrogens is 408 g/mol. The van der Waals surface area contributed by atoms with E-state index >= 15 is 0 Å². The summed E-state index contributed by atoms with van der Waals surface area (Å²) < 4.78 is 21.5. The molecule has 1 aromatic heterocycles. The van der Waals surface area contributed by atoms with Crippen molar-refractivity contribution in [3.05, 3.63) is 59.7 Å². The molecule has 4 N–H and O–H groups in total. The molecular formula is C24H30N4O2S. The molecule has 0 saturated carbocycles. The maximum atomic E-state index is 10.7. The third-order valence-electron chi connectivity index (χ3n) is 6.51. The predicted molar refractivity (Wildman–Crippen MR) is 129 cm³/mol. The molecule has 0 aliphatic carbocycles. The van der Waals surface area contributed by atoms with E-state index < -0.39 is 10.6 Å². The summed E-state index contributed by atoms with van der Waals surface area (Å²) in [6.45, 7) is 7.07. The molecule has 1 fully saturated rings. The van der Waals surface area contributed by atoms with Crippen LogP contribution >= 0.6 is 10.6 Å². The van der Waals surface area contributed by atoms with Gasteiger partial charge >= 0.3 is 0 Å². The molecule has 3 heterocycles. The second-order valence-electron chi connectivity index (χ2n) is 9.20. The summed E-state index contributed by atoms with van der Waals surface area (Å²) >= 11 is 0. The van der Waals surface area contributed by atoms with E-state index in [9.17, 15) is 9.11 Å². The highest BCUT2D eigenvalue weighted by molar-refractivity contribution is 8.24. The topological polar surface area (TPSA) is 85.9 Å². The van der Waals surface area contributed by atoms with Gasteiger partial charge in [-0.3, -0.25) is 9.11 Å². The van der Waals surface area contributed by atoms with Crippen LogP contribution in [0.1, 0.15) is 24.5 Å². The number of nitrogens with two attached hydrogens (primary N) is 1. The highest BCUT2D eigenvalue weighted by atomic mass is 32.3. The lowest BCUT2D eigenvalue weighted by Gasteiger charge is -2.32. The van der Waals surface area contributed by atoms with Gasteiger partial charge in [-0.05, 0) is 37.5 Å². The molecule has 6 nitrogen and oxygen atoms in total. The van der Waals surface area contributed by atoms with E-state index in [2.05, 4.69) is 47.9 Å². The summed E-state index contributed by atoms with van der Waals surface area (Å²) in [5, 5.41) is 1.14. The standard InChI is InChI=1S/C24H30N4O2S/c1-17-6-5-8-19-20(28-11-10-24(2,25)16-28)14-22(26-23(17)19)27-12-13-31(29,30)21-9-4-3-7-18(21)15-27/h3-9,14,29-30H,10-13,15-16,25H2,1-2H3. The number of rotatable bonds is 2. The van der Waals surface area contributed by atoms with Gasteiger partial charge in [-0.2, -0.15) is 10.6 Å². The van der Waals surface area contributed by atoms with Crippen LogP contribution in [0, 0.1) is 6.92 Å². The molecule has 0 bridgehead atoms. The third-order valence-corrected chi connectivity index (χ3v) is 8.36. The number of fused-ring (bicyclic) bond motifs is 2. The molecule has 31 heavy (non-hydrogen) atoms. The first-order valence-corrected chi connectivity index (χ1v) is 12.5. The monoisotopic (exact) mass is 438 g/mol. The summed E-state index contributed by atoms with van der Waals surface area (Å²) in [5.41, 5.74) is 10.5. The van der Waals surface area contributed by atoms with Crippen LogP contribution in [0.15, 0.2) is 53.4 Å². The molecule has 0 amide bonds. The number of pyridine rings is 1. The van der Waals surface area contributed by atoms with Crippen molar-refractivity contribution >= 4 is 33.0 Å². The molecule has 5 rings (SSSR count). The number of para-hydroxylation sites is 1. The molecule has 2 aromatic carbocycles. The van der Waals surface area contributed by atoms with Crippen molar-refractivity contribution in [1.82, 2.24) is 4.98 Å². The highest BCUT2D eigenvalue weighted by Crippen LogP contribution is 2.51.